The summed E-state index contributed by atoms with van der Waals surface area (Å²) in [6, 6.07) is 4.81. The molecule has 1 aliphatic heterocycles. The molecule has 0 saturated heterocycles. The summed E-state index contributed by atoms with van der Waals surface area (Å²) in [7, 11) is 1.59. The van der Waals surface area contributed by atoms with Gasteiger partial charge in [-0.3, -0.25) is 0 Å². The van der Waals surface area contributed by atoms with E-state index in [9.17, 15) is 8.42 Å². The van der Waals surface area contributed by atoms with E-state index in [-0.39, 0.29) is 4.90 Å². The average Bonchev–Trinajstić information content (AvgIpc) is 2.48. The Morgan fingerprint density at radius 1 is 1.46 bits per heavy atom. The van der Waals surface area contributed by atoms with Crippen molar-refractivity contribution in [3.05, 3.63) is 18.2 Å². The molecule has 6 heteroatoms. The maximum absolute atomic E-state index is 11.1. The number of hydrogen-bond donors (Lipinski definition) is 0. The van der Waals surface area contributed by atoms with E-state index in [0.29, 0.717) is 16.6 Å². The number of ether oxygens (including phenoxy) is 1. The smallest absolute Gasteiger partial charge is 0.262 e. The van der Waals surface area contributed by atoms with E-state index in [2.05, 4.69) is 0 Å². The topological polar surface area (TPSA) is 43.4 Å². The van der Waals surface area contributed by atoms with Gasteiger partial charge in [0.1, 0.15) is 11.7 Å². The molecule has 0 aromatic heterocycles. The molecule has 0 fully saturated rings. The van der Waals surface area contributed by atoms with Crippen LogP contribution >= 0.6 is 22.4 Å². The van der Waals surface area contributed by atoms with Crippen molar-refractivity contribution < 1.29 is 13.2 Å². The standard InChI is InChI=1S/C7H5ClO3S2/c8-13(9,10)6-3-1-2-5-7(6)12-4-11-5/h1-3H,4H2. The Morgan fingerprint density at radius 3 is 2.92 bits per heavy atom. The molecule has 0 aliphatic carbocycles. The lowest BCUT2D eigenvalue weighted by Gasteiger charge is -2.00. The molecular weight excluding hydrogens is 232 g/mol. The minimum Gasteiger partial charge on any atom is -0.481 e. The molecule has 1 aliphatic rings. The number of halogens is 1. The Bertz CT molecular complexity index is 441. The van der Waals surface area contributed by atoms with Crippen LogP contribution in [-0.4, -0.2) is 14.4 Å². The van der Waals surface area contributed by atoms with E-state index in [1.54, 1.807) is 12.1 Å². The first-order chi connectivity index (χ1) is 6.09. The van der Waals surface area contributed by atoms with Crippen molar-refractivity contribution in [1.82, 2.24) is 0 Å². The highest BCUT2D eigenvalue weighted by Crippen LogP contribution is 2.41. The van der Waals surface area contributed by atoms with Crippen LogP contribution in [0.15, 0.2) is 28.0 Å². The molecule has 1 aromatic carbocycles. The van der Waals surface area contributed by atoms with E-state index in [1.807, 2.05) is 0 Å². The zero-order valence-corrected chi connectivity index (χ0v) is 8.75. The molecule has 1 aromatic rings. The van der Waals surface area contributed by atoms with Crippen LogP contribution in [0.5, 0.6) is 5.75 Å². The minimum absolute atomic E-state index is 0.133. The summed E-state index contributed by atoms with van der Waals surface area (Å²) < 4.78 is 27.4. The second-order valence-corrected chi connectivity index (χ2v) is 5.89. The third kappa shape index (κ3) is 1.63. The van der Waals surface area contributed by atoms with E-state index in [0.717, 1.165) is 0 Å². The fraction of sp³-hybridized carbons (Fsp3) is 0.143. The van der Waals surface area contributed by atoms with Gasteiger partial charge in [-0.25, -0.2) is 8.42 Å². The number of fused-ring (bicyclic) bond motifs is 1. The summed E-state index contributed by atoms with van der Waals surface area (Å²) in [6.45, 7) is 0. The SMILES string of the molecule is O=S(=O)(Cl)c1cccc2c1SCO2. The third-order valence-corrected chi connectivity index (χ3v) is 4.06. The van der Waals surface area contributed by atoms with Crippen LogP contribution in [0.2, 0.25) is 0 Å². The Morgan fingerprint density at radius 2 is 2.23 bits per heavy atom. The number of hydrogen-bond acceptors (Lipinski definition) is 4. The first-order valence-corrected chi connectivity index (χ1v) is 6.72. The summed E-state index contributed by atoms with van der Waals surface area (Å²) in [6.07, 6.45) is 0. The second kappa shape index (κ2) is 3.08. The zero-order valence-electron chi connectivity index (χ0n) is 6.36. The number of rotatable bonds is 1. The van der Waals surface area contributed by atoms with Gasteiger partial charge >= 0.3 is 0 Å². The van der Waals surface area contributed by atoms with E-state index in [4.69, 9.17) is 15.4 Å². The number of thioether (sulfide) groups is 1. The molecule has 0 N–H and O–H groups in total. The van der Waals surface area contributed by atoms with Crippen molar-refractivity contribution in [2.45, 2.75) is 9.79 Å². The average molecular weight is 237 g/mol. The molecule has 0 radical (unpaired) electrons. The lowest BCUT2D eigenvalue weighted by atomic mass is 10.3. The van der Waals surface area contributed by atoms with Crippen LogP contribution in [0.25, 0.3) is 0 Å². The van der Waals surface area contributed by atoms with Gasteiger partial charge in [0.05, 0.1) is 9.79 Å². The third-order valence-electron chi connectivity index (χ3n) is 1.62. The van der Waals surface area contributed by atoms with E-state index in [1.165, 1.54) is 17.8 Å². The van der Waals surface area contributed by atoms with E-state index < -0.39 is 9.05 Å². The minimum atomic E-state index is -3.66. The molecule has 1 heterocycles. The van der Waals surface area contributed by atoms with Gasteiger partial charge in [0, 0.05) is 10.7 Å². The lowest BCUT2D eigenvalue weighted by molar-refractivity contribution is 0.396. The molecule has 0 saturated carbocycles. The predicted octanol–water partition coefficient (Wildman–Crippen LogP) is 2.06. The largest absolute Gasteiger partial charge is 0.481 e. The molecule has 13 heavy (non-hydrogen) atoms. The monoisotopic (exact) mass is 236 g/mol. The van der Waals surface area contributed by atoms with Crippen molar-refractivity contribution >= 4 is 31.5 Å². The maximum atomic E-state index is 11.1. The summed E-state index contributed by atoms with van der Waals surface area (Å²) in [5.41, 5.74) is 0. The van der Waals surface area contributed by atoms with Crippen molar-refractivity contribution in [1.29, 1.82) is 0 Å². The lowest BCUT2D eigenvalue weighted by Crippen LogP contribution is -1.92. The first kappa shape index (κ1) is 9.18. The van der Waals surface area contributed by atoms with Crippen LogP contribution in [-0.2, 0) is 9.05 Å². The van der Waals surface area contributed by atoms with Crippen LogP contribution in [0.3, 0.4) is 0 Å². The van der Waals surface area contributed by atoms with Gasteiger partial charge < -0.3 is 4.74 Å². The van der Waals surface area contributed by atoms with E-state index >= 15 is 0 Å². The number of benzene rings is 1. The van der Waals surface area contributed by atoms with Crippen LogP contribution in [0.1, 0.15) is 0 Å². The summed E-state index contributed by atoms with van der Waals surface area (Å²) in [5, 5.41) is 0. The maximum Gasteiger partial charge on any atom is 0.262 e. The first-order valence-electron chi connectivity index (χ1n) is 3.42. The van der Waals surface area contributed by atoms with Gasteiger partial charge in [-0.2, -0.15) is 0 Å². The summed E-state index contributed by atoms with van der Waals surface area (Å²) in [4.78, 5) is 0.742. The molecule has 0 amide bonds. The van der Waals surface area contributed by atoms with Crippen LogP contribution < -0.4 is 4.74 Å². The molecule has 70 valence electrons. The molecule has 0 unspecified atom stereocenters. The molecule has 0 spiro atoms. The highest BCUT2D eigenvalue weighted by atomic mass is 35.7. The van der Waals surface area contributed by atoms with Gasteiger partial charge in [0.2, 0.25) is 0 Å². The van der Waals surface area contributed by atoms with Crippen molar-refractivity contribution in [2.24, 2.45) is 0 Å². The molecule has 3 nitrogen and oxygen atoms in total. The Labute approximate surface area is 84.5 Å². The predicted molar refractivity (Wildman–Crippen MR) is 50.8 cm³/mol. The quantitative estimate of drug-likeness (QED) is 0.700. The highest BCUT2D eigenvalue weighted by molar-refractivity contribution is 8.14. The summed E-state index contributed by atoms with van der Waals surface area (Å²) in [5.74, 6) is 1.03. The van der Waals surface area contributed by atoms with Crippen molar-refractivity contribution in [3.8, 4) is 5.75 Å². The Balaban J connectivity index is 2.67. The Hall–Kier alpha value is -0.390. The van der Waals surface area contributed by atoms with Crippen LogP contribution in [0.4, 0.5) is 0 Å². The fourth-order valence-corrected chi connectivity index (χ4v) is 3.47. The van der Waals surface area contributed by atoms with Gasteiger partial charge in [-0.1, -0.05) is 17.8 Å². The highest BCUT2D eigenvalue weighted by Gasteiger charge is 2.23. The van der Waals surface area contributed by atoms with Crippen LogP contribution in [0, 0.1) is 0 Å². The molecular formula is C7H5ClO3S2. The van der Waals surface area contributed by atoms with Gasteiger partial charge in [-0.05, 0) is 12.1 Å². The van der Waals surface area contributed by atoms with Gasteiger partial charge in [0.15, 0.2) is 0 Å². The Kier molecular flexibility index (Phi) is 2.17. The second-order valence-electron chi connectivity index (χ2n) is 2.43. The molecule has 0 atom stereocenters. The van der Waals surface area contributed by atoms with Crippen molar-refractivity contribution in [2.75, 3.05) is 5.94 Å². The zero-order chi connectivity index (χ0) is 9.47. The molecule has 0 bridgehead atoms. The summed E-state index contributed by atoms with van der Waals surface area (Å²) >= 11 is 1.34. The normalized spacial score (nSPS) is 15.2. The van der Waals surface area contributed by atoms with Gasteiger partial charge in [-0.15, -0.1) is 0 Å². The molecule has 2 rings (SSSR count). The fourth-order valence-electron chi connectivity index (χ4n) is 1.10. The van der Waals surface area contributed by atoms with Crippen molar-refractivity contribution in [3.63, 3.8) is 0 Å². The van der Waals surface area contributed by atoms with Gasteiger partial charge in [0.25, 0.3) is 9.05 Å².